The minimum absolute atomic E-state index is 0.139. The first-order valence-corrected chi connectivity index (χ1v) is 9.50. The number of nitrogens with one attached hydrogen (secondary N) is 2. The van der Waals surface area contributed by atoms with Crippen LogP contribution in [-0.2, 0) is 11.2 Å². The summed E-state index contributed by atoms with van der Waals surface area (Å²) in [5, 5.41) is 7.46. The van der Waals surface area contributed by atoms with Gasteiger partial charge in [-0.2, -0.15) is 0 Å². The molecule has 28 heavy (non-hydrogen) atoms. The number of nitrogens with zero attached hydrogens (tertiary/aromatic N) is 1. The van der Waals surface area contributed by atoms with Gasteiger partial charge in [-0.25, -0.2) is 0 Å². The van der Waals surface area contributed by atoms with Crippen LogP contribution < -0.4 is 16.4 Å². The van der Waals surface area contributed by atoms with Crippen LogP contribution in [0.4, 0.5) is 11.4 Å². The first-order valence-electron chi connectivity index (χ1n) is 8.62. The third kappa shape index (κ3) is 4.83. The van der Waals surface area contributed by atoms with Gasteiger partial charge in [0.15, 0.2) is 0 Å². The molecule has 0 fully saturated rings. The number of aliphatic imine (C=N–C) groups is 1. The number of amides is 2. The molecule has 6 nitrogen and oxygen atoms in total. The summed E-state index contributed by atoms with van der Waals surface area (Å²) in [5.41, 5.74) is 8.58. The number of thiophene rings is 1. The Labute approximate surface area is 167 Å². The molecule has 1 heterocycles. The fourth-order valence-electron chi connectivity index (χ4n) is 2.65. The minimum Gasteiger partial charge on any atom is -0.398 e. The fourth-order valence-corrected chi connectivity index (χ4v) is 3.27. The highest BCUT2D eigenvalue weighted by atomic mass is 32.1. The quantitative estimate of drug-likeness (QED) is 0.353. The molecule has 2 aromatic carbocycles. The summed E-state index contributed by atoms with van der Waals surface area (Å²) in [7, 11) is 1.57. The molecule has 0 aliphatic heterocycles. The van der Waals surface area contributed by atoms with E-state index >= 15 is 0 Å². The molecule has 2 amide bonds. The van der Waals surface area contributed by atoms with Gasteiger partial charge < -0.3 is 16.4 Å². The smallest absolute Gasteiger partial charge is 0.266 e. The second-order valence-corrected chi connectivity index (χ2v) is 6.96. The normalized spacial score (nSPS) is 11.1. The van der Waals surface area contributed by atoms with Gasteiger partial charge in [-0.3, -0.25) is 14.6 Å². The fraction of sp³-hybridized carbons (Fsp3) is 0.0952. The van der Waals surface area contributed by atoms with Crippen molar-refractivity contribution in [2.45, 2.75) is 6.42 Å². The molecule has 4 N–H and O–H groups in total. The number of anilines is 2. The number of rotatable bonds is 5. The summed E-state index contributed by atoms with van der Waals surface area (Å²) in [5.74, 6) is -0.0527. The van der Waals surface area contributed by atoms with Gasteiger partial charge in [0.05, 0.1) is 11.3 Å². The van der Waals surface area contributed by atoms with Crippen LogP contribution in [0.2, 0.25) is 0 Å². The first-order chi connectivity index (χ1) is 13.6. The summed E-state index contributed by atoms with van der Waals surface area (Å²) in [4.78, 5) is 29.4. The van der Waals surface area contributed by atoms with Crippen molar-refractivity contribution in [1.82, 2.24) is 5.32 Å². The minimum atomic E-state index is -0.256. The molecule has 3 aromatic rings. The number of carbonyl (C=O) groups is 2. The number of amidine groups is 1. The van der Waals surface area contributed by atoms with Crippen molar-refractivity contribution in [2.24, 2.45) is 4.99 Å². The number of benzene rings is 2. The molecule has 0 aliphatic rings. The molecule has 0 saturated heterocycles. The van der Waals surface area contributed by atoms with Gasteiger partial charge in [0.1, 0.15) is 5.84 Å². The zero-order valence-corrected chi connectivity index (χ0v) is 16.1. The van der Waals surface area contributed by atoms with E-state index in [4.69, 9.17) is 5.73 Å². The predicted molar refractivity (Wildman–Crippen MR) is 114 cm³/mol. The van der Waals surface area contributed by atoms with E-state index in [1.165, 1.54) is 11.3 Å². The topological polar surface area (TPSA) is 96.6 Å². The van der Waals surface area contributed by atoms with Gasteiger partial charge in [-0.1, -0.05) is 36.4 Å². The highest BCUT2D eigenvalue weighted by molar-refractivity contribution is 7.12. The van der Waals surface area contributed by atoms with Crippen LogP contribution in [0.3, 0.4) is 0 Å². The lowest BCUT2D eigenvalue weighted by Crippen LogP contribution is -2.31. The van der Waals surface area contributed by atoms with E-state index in [9.17, 15) is 9.59 Å². The van der Waals surface area contributed by atoms with Gasteiger partial charge in [-0.15, -0.1) is 11.3 Å². The van der Waals surface area contributed by atoms with Crippen molar-refractivity contribution in [1.29, 1.82) is 0 Å². The standard InChI is InChI=1S/C21H20N4O2S/c1-23-20(25-21(27)18-8-5-11-28-18)16-13-15(9-10-17(16)22)24-19(26)12-14-6-3-2-4-7-14/h2-11,13H,12,22H2,1H3,(H,24,26)(H,23,25,27). The Hall–Kier alpha value is -3.45. The third-order valence-electron chi connectivity index (χ3n) is 4.00. The molecule has 0 bridgehead atoms. The van der Waals surface area contributed by atoms with E-state index in [0.29, 0.717) is 27.7 Å². The number of carbonyl (C=O) groups excluding carboxylic acids is 2. The zero-order chi connectivity index (χ0) is 19.9. The molecule has 3 rings (SSSR count). The van der Waals surface area contributed by atoms with E-state index in [1.54, 1.807) is 37.4 Å². The van der Waals surface area contributed by atoms with Gasteiger partial charge in [-0.05, 0) is 35.2 Å². The van der Waals surface area contributed by atoms with E-state index < -0.39 is 0 Å². The summed E-state index contributed by atoms with van der Waals surface area (Å²) in [6, 6.07) is 18.1. The van der Waals surface area contributed by atoms with Crippen LogP contribution >= 0.6 is 11.3 Å². The summed E-state index contributed by atoms with van der Waals surface area (Å²) >= 11 is 1.34. The van der Waals surface area contributed by atoms with Gasteiger partial charge >= 0.3 is 0 Å². The van der Waals surface area contributed by atoms with E-state index in [1.807, 2.05) is 35.7 Å². The number of hydrogen-bond acceptors (Lipinski definition) is 5. The van der Waals surface area contributed by atoms with Crippen molar-refractivity contribution < 1.29 is 9.59 Å². The molecule has 0 unspecified atom stereocenters. The lowest BCUT2D eigenvalue weighted by atomic mass is 10.1. The molecule has 0 radical (unpaired) electrons. The Bertz CT molecular complexity index is 999. The molecule has 0 spiro atoms. The molecule has 7 heteroatoms. The van der Waals surface area contributed by atoms with Crippen LogP contribution in [0.5, 0.6) is 0 Å². The first kappa shape index (κ1) is 19.3. The Morgan fingerprint density at radius 2 is 1.86 bits per heavy atom. The molecule has 0 saturated carbocycles. The van der Waals surface area contributed by atoms with E-state index in [2.05, 4.69) is 15.6 Å². The average molecular weight is 392 g/mol. The van der Waals surface area contributed by atoms with Crippen molar-refractivity contribution in [2.75, 3.05) is 18.1 Å². The Morgan fingerprint density at radius 3 is 2.54 bits per heavy atom. The van der Waals surface area contributed by atoms with Crippen molar-refractivity contribution in [3.8, 4) is 0 Å². The van der Waals surface area contributed by atoms with E-state index in [-0.39, 0.29) is 18.2 Å². The van der Waals surface area contributed by atoms with Crippen LogP contribution in [0.1, 0.15) is 20.8 Å². The Morgan fingerprint density at radius 1 is 1.07 bits per heavy atom. The molecule has 0 atom stereocenters. The molecule has 0 aliphatic carbocycles. The van der Waals surface area contributed by atoms with Crippen LogP contribution in [0, 0.1) is 0 Å². The molecule has 1 aromatic heterocycles. The Balaban J connectivity index is 1.74. The maximum absolute atomic E-state index is 12.3. The van der Waals surface area contributed by atoms with Crippen LogP contribution in [-0.4, -0.2) is 24.7 Å². The lowest BCUT2D eigenvalue weighted by Gasteiger charge is -2.13. The molecular formula is C21H20N4O2S. The monoisotopic (exact) mass is 392 g/mol. The molecular weight excluding hydrogens is 372 g/mol. The average Bonchev–Trinajstić information content (AvgIpc) is 3.23. The maximum atomic E-state index is 12.3. The number of nitrogen functional groups attached to an aromatic ring is 1. The highest BCUT2D eigenvalue weighted by Crippen LogP contribution is 2.19. The summed E-state index contributed by atoms with van der Waals surface area (Å²) in [6.07, 6.45) is 0.268. The number of nitrogens with two attached hydrogens (primary N) is 1. The lowest BCUT2D eigenvalue weighted by molar-refractivity contribution is -0.115. The van der Waals surface area contributed by atoms with Crippen LogP contribution in [0.15, 0.2) is 71.0 Å². The van der Waals surface area contributed by atoms with Crippen molar-refractivity contribution in [3.63, 3.8) is 0 Å². The predicted octanol–water partition coefficient (Wildman–Crippen LogP) is 3.32. The van der Waals surface area contributed by atoms with Crippen molar-refractivity contribution in [3.05, 3.63) is 82.0 Å². The SMILES string of the molecule is C/N=C(/NC(=O)c1cccs1)c1cc(NC(=O)Cc2ccccc2)ccc1N. The molecule has 142 valence electrons. The maximum Gasteiger partial charge on any atom is 0.266 e. The van der Waals surface area contributed by atoms with Gasteiger partial charge in [0, 0.05) is 24.0 Å². The second kappa shape index (κ2) is 8.96. The van der Waals surface area contributed by atoms with Crippen molar-refractivity contribution >= 4 is 40.4 Å². The highest BCUT2D eigenvalue weighted by Gasteiger charge is 2.14. The largest absolute Gasteiger partial charge is 0.398 e. The van der Waals surface area contributed by atoms with Gasteiger partial charge in [0.25, 0.3) is 5.91 Å². The zero-order valence-electron chi connectivity index (χ0n) is 15.3. The van der Waals surface area contributed by atoms with Crippen LogP contribution in [0.25, 0.3) is 0 Å². The van der Waals surface area contributed by atoms with E-state index in [0.717, 1.165) is 5.56 Å². The summed E-state index contributed by atoms with van der Waals surface area (Å²) < 4.78 is 0. The summed E-state index contributed by atoms with van der Waals surface area (Å²) in [6.45, 7) is 0. The Kier molecular flexibility index (Phi) is 6.18. The second-order valence-electron chi connectivity index (χ2n) is 6.02. The third-order valence-corrected chi connectivity index (χ3v) is 4.87. The number of hydrogen-bond donors (Lipinski definition) is 3. The van der Waals surface area contributed by atoms with Gasteiger partial charge in [0.2, 0.25) is 5.91 Å².